The van der Waals surface area contributed by atoms with Gasteiger partial charge in [-0.3, -0.25) is 4.90 Å². The normalized spacial score (nSPS) is 28.0. The highest BCUT2D eigenvalue weighted by atomic mass is 32.2. The largest absolute Gasteiger partial charge is 0.357 e. The summed E-state index contributed by atoms with van der Waals surface area (Å²) in [7, 11) is 0. The van der Waals surface area contributed by atoms with E-state index in [9.17, 15) is 0 Å². The number of pyridine rings is 1. The zero-order valence-corrected chi connectivity index (χ0v) is 13.4. The molecule has 0 unspecified atom stereocenters. The van der Waals surface area contributed by atoms with E-state index in [2.05, 4.69) is 58.7 Å². The molecule has 0 N–H and O–H groups in total. The Kier molecular flexibility index (Phi) is 4.51. The molecule has 110 valence electrons. The van der Waals surface area contributed by atoms with E-state index in [1.165, 1.54) is 44.6 Å². The van der Waals surface area contributed by atoms with Crippen LogP contribution in [0.3, 0.4) is 0 Å². The van der Waals surface area contributed by atoms with Crippen molar-refractivity contribution in [1.82, 2.24) is 9.88 Å². The molecular weight excluding hydrogens is 266 g/mol. The molecule has 20 heavy (non-hydrogen) atoms. The van der Waals surface area contributed by atoms with Gasteiger partial charge in [0.1, 0.15) is 5.82 Å². The first-order chi connectivity index (χ1) is 9.70. The summed E-state index contributed by atoms with van der Waals surface area (Å²) in [6, 6.07) is 4.46. The van der Waals surface area contributed by atoms with Gasteiger partial charge in [-0.1, -0.05) is 19.9 Å². The second-order valence-corrected chi connectivity index (χ2v) is 8.05. The Morgan fingerprint density at radius 3 is 2.45 bits per heavy atom. The van der Waals surface area contributed by atoms with Gasteiger partial charge in [0.05, 0.1) is 0 Å². The van der Waals surface area contributed by atoms with Gasteiger partial charge in [0, 0.05) is 49.4 Å². The molecule has 0 amide bonds. The third kappa shape index (κ3) is 3.47. The van der Waals surface area contributed by atoms with E-state index in [0.29, 0.717) is 0 Å². The van der Waals surface area contributed by atoms with Gasteiger partial charge >= 0.3 is 0 Å². The van der Waals surface area contributed by atoms with Crippen molar-refractivity contribution in [2.75, 3.05) is 31.1 Å². The van der Waals surface area contributed by atoms with Crippen LogP contribution >= 0.6 is 11.8 Å². The number of hydrogen-bond acceptors (Lipinski definition) is 4. The predicted molar refractivity (Wildman–Crippen MR) is 87.5 cm³/mol. The number of anilines is 1. The van der Waals surface area contributed by atoms with E-state index in [1.807, 2.05) is 0 Å². The molecule has 0 bridgehead atoms. The fourth-order valence-electron chi connectivity index (χ4n) is 3.32. The fraction of sp³-hybridized carbons (Fsp3) is 0.688. The lowest BCUT2D eigenvalue weighted by atomic mass is 10.2. The van der Waals surface area contributed by atoms with E-state index >= 15 is 0 Å². The molecular formula is C16H25N3S. The number of nitrogens with zero attached hydrogens (tertiary/aromatic N) is 3. The van der Waals surface area contributed by atoms with Crippen molar-refractivity contribution >= 4 is 17.6 Å². The lowest BCUT2D eigenvalue weighted by molar-refractivity contribution is 0.262. The maximum absolute atomic E-state index is 4.66. The molecule has 0 aromatic carbocycles. The Hall–Kier alpha value is -0.740. The van der Waals surface area contributed by atoms with Crippen molar-refractivity contribution in [3.05, 3.63) is 23.9 Å². The lowest BCUT2D eigenvalue weighted by Gasteiger charge is -2.34. The van der Waals surface area contributed by atoms with Crippen LogP contribution in [0.4, 0.5) is 5.82 Å². The van der Waals surface area contributed by atoms with Gasteiger partial charge in [0.25, 0.3) is 0 Å². The number of rotatable bonds is 3. The van der Waals surface area contributed by atoms with Crippen molar-refractivity contribution in [2.45, 2.75) is 43.7 Å². The highest BCUT2D eigenvalue weighted by Gasteiger charge is 2.22. The minimum atomic E-state index is 0.746. The van der Waals surface area contributed by atoms with Crippen molar-refractivity contribution in [2.24, 2.45) is 0 Å². The van der Waals surface area contributed by atoms with Gasteiger partial charge in [-0.25, -0.2) is 4.98 Å². The van der Waals surface area contributed by atoms with Crippen LogP contribution in [0.5, 0.6) is 0 Å². The van der Waals surface area contributed by atoms with Gasteiger partial charge in [-0.15, -0.1) is 0 Å². The monoisotopic (exact) mass is 291 g/mol. The Labute approximate surface area is 126 Å². The summed E-state index contributed by atoms with van der Waals surface area (Å²) in [6.07, 6.45) is 4.69. The third-order valence-corrected chi connectivity index (χ3v) is 5.37. The Morgan fingerprint density at radius 1 is 1.15 bits per heavy atom. The highest BCUT2D eigenvalue weighted by molar-refractivity contribution is 8.00. The fourth-order valence-corrected chi connectivity index (χ4v) is 4.70. The van der Waals surface area contributed by atoms with Crippen LogP contribution in [0, 0.1) is 0 Å². The molecule has 2 saturated heterocycles. The summed E-state index contributed by atoms with van der Waals surface area (Å²) in [6.45, 7) is 10.5. The first kappa shape index (κ1) is 14.2. The minimum Gasteiger partial charge on any atom is -0.357 e. The summed E-state index contributed by atoms with van der Waals surface area (Å²) >= 11 is 2.11. The molecule has 2 aliphatic rings. The molecule has 2 fully saturated rings. The molecule has 0 spiro atoms. The maximum Gasteiger partial charge on any atom is 0.128 e. The molecule has 2 atom stereocenters. The van der Waals surface area contributed by atoms with Crippen LogP contribution < -0.4 is 4.90 Å². The Morgan fingerprint density at radius 2 is 1.85 bits per heavy atom. The molecule has 4 heteroatoms. The Bertz CT molecular complexity index is 418. The molecule has 0 radical (unpaired) electrons. The van der Waals surface area contributed by atoms with Gasteiger partial charge < -0.3 is 4.90 Å². The number of hydrogen-bond donors (Lipinski definition) is 0. The summed E-state index contributed by atoms with van der Waals surface area (Å²) in [5, 5.41) is 1.49. The molecule has 3 rings (SSSR count). The summed E-state index contributed by atoms with van der Waals surface area (Å²) in [4.78, 5) is 9.62. The first-order valence-corrected chi connectivity index (χ1v) is 8.72. The van der Waals surface area contributed by atoms with Gasteiger partial charge in [0.2, 0.25) is 0 Å². The van der Waals surface area contributed by atoms with E-state index in [1.54, 1.807) is 0 Å². The van der Waals surface area contributed by atoms with Gasteiger partial charge in [0.15, 0.2) is 0 Å². The molecule has 0 aliphatic carbocycles. The van der Waals surface area contributed by atoms with Gasteiger partial charge in [-0.05, 0) is 24.5 Å². The molecule has 2 aliphatic heterocycles. The third-order valence-electron chi connectivity index (χ3n) is 4.14. The van der Waals surface area contributed by atoms with E-state index < -0.39 is 0 Å². The average Bonchev–Trinajstić information content (AvgIpc) is 2.92. The average molecular weight is 291 g/mol. The zero-order valence-electron chi connectivity index (χ0n) is 12.6. The quantitative estimate of drug-likeness (QED) is 0.852. The van der Waals surface area contributed by atoms with Crippen molar-refractivity contribution in [3.63, 3.8) is 0 Å². The first-order valence-electron chi connectivity index (χ1n) is 7.78. The van der Waals surface area contributed by atoms with Crippen LogP contribution in [-0.4, -0.2) is 46.6 Å². The second-order valence-electron chi connectivity index (χ2n) is 6.17. The smallest absolute Gasteiger partial charge is 0.128 e. The highest BCUT2D eigenvalue weighted by Crippen LogP contribution is 2.26. The van der Waals surface area contributed by atoms with E-state index in [-0.39, 0.29) is 0 Å². The van der Waals surface area contributed by atoms with E-state index in [4.69, 9.17) is 0 Å². The van der Waals surface area contributed by atoms with Crippen LogP contribution in [-0.2, 0) is 6.54 Å². The summed E-state index contributed by atoms with van der Waals surface area (Å²) < 4.78 is 0. The zero-order chi connectivity index (χ0) is 13.9. The minimum absolute atomic E-state index is 0.746. The van der Waals surface area contributed by atoms with Crippen LogP contribution in [0.1, 0.15) is 32.3 Å². The van der Waals surface area contributed by atoms with Crippen LogP contribution in [0.2, 0.25) is 0 Å². The second kappa shape index (κ2) is 6.35. The molecule has 3 nitrogen and oxygen atoms in total. The van der Waals surface area contributed by atoms with Crippen LogP contribution in [0.25, 0.3) is 0 Å². The number of aromatic nitrogens is 1. The topological polar surface area (TPSA) is 19.4 Å². The molecule has 3 heterocycles. The summed E-state index contributed by atoms with van der Waals surface area (Å²) in [5.41, 5.74) is 1.35. The Balaban J connectivity index is 1.60. The predicted octanol–water partition coefficient (Wildman–Crippen LogP) is 3.01. The molecule has 1 aromatic rings. The van der Waals surface area contributed by atoms with Crippen molar-refractivity contribution in [1.29, 1.82) is 0 Å². The number of thioether (sulfide) groups is 1. The maximum atomic E-state index is 4.66. The van der Waals surface area contributed by atoms with Crippen LogP contribution in [0.15, 0.2) is 18.3 Å². The molecule has 0 saturated carbocycles. The molecule has 1 aromatic heterocycles. The van der Waals surface area contributed by atoms with Crippen molar-refractivity contribution in [3.8, 4) is 0 Å². The van der Waals surface area contributed by atoms with Crippen molar-refractivity contribution < 1.29 is 0 Å². The van der Waals surface area contributed by atoms with Gasteiger partial charge in [-0.2, -0.15) is 11.8 Å². The standard InChI is InChI=1S/C16H25N3S/c1-13-10-18(11-14(2)20-13)12-15-5-6-16(17-9-15)19-7-3-4-8-19/h5-6,9,13-14H,3-4,7-8,10-12H2,1-2H3/t13-,14+. The lowest BCUT2D eigenvalue weighted by Crippen LogP contribution is -2.39. The SMILES string of the molecule is C[C@@H]1CN(Cc2ccc(N3CCCC3)nc2)C[C@H](C)S1. The van der Waals surface area contributed by atoms with E-state index in [0.717, 1.165) is 22.9 Å². The summed E-state index contributed by atoms with van der Waals surface area (Å²) in [5.74, 6) is 1.15.